The Labute approximate surface area is 136 Å². The molecule has 0 amide bonds. The van der Waals surface area contributed by atoms with Gasteiger partial charge in [-0.3, -0.25) is 0 Å². The molecule has 4 heteroatoms. The van der Waals surface area contributed by atoms with E-state index in [1.54, 1.807) is 0 Å². The van der Waals surface area contributed by atoms with E-state index in [-0.39, 0.29) is 11.1 Å². The molecule has 0 saturated carbocycles. The Morgan fingerprint density at radius 3 is 2.17 bits per heavy atom. The van der Waals surface area contributed by atoms with Gasteiger partial charge in [0.15, 0.2) is 8.07 Å². The van der Waals surface area contributed by atoms with E-state index in [4.69, 9.17) is 10.5 Å². The van der Waals surface area contributed by atoms with Crippen LogP contribution in [0.3, 0.4) is 0 Å². The lowest BCUT2D eigenvalue weighted by Crippen LogP contribution is -2.74. The molecule has 0 radical (unpaired) electrons. The van der Waals surface area contributed by atoms with Gasteiger partial charge in [0.25, 0.3) is 0 Å². The minimum atomic E-state index is -2.36. The average molecular weight is 321 g/mol. The van der Waals surface area contributed by atoms with E-state index >= 15 is 0 Å². The lowest BCUT2D eigenvalue weighted by molar-refractivity contribution is -0.136. The van der Waals surface area contributed by atoms with Crippen molar-refractivity contribution in [3.8, 4) is 0 Å². The first kappa shape index (κ1) is 14.4. The van der Waals surface area contributed by atoms with Crippen LogP contribution in [0.1, 0.15) is 11.1 Å². The lowest BCUT2D eigenvalue weighted by Gasteiger charge is -2.36. The van der Waals surface area contributed by atoms with Gasteiger partial charge in [-0.2, -0.15) is 0 Å². The zero-order chi connectivity index (χ0) is 16.1. The molecule has 0 fully saturated rings. The van der Waals surface area contributed by atoms with E-state index in [9.17, 15) is 4.79 Å². The number of fused-ring (bicyclic) bond motifs is 5. The monoisotopic (exact) mass is 321 g/mol. The van der Waals surface area contributed by atoms with Gasteiger partial charge in [0, 0.05) is 11.2 Å². The molecule has 2 aromatic rings. The van der Waals surface area contributed by atoms with Crippen molar-refractivity contribution in [1.29, 1.82) is 0 Å². The number of benzene rings is 2. The van der Waals surface area contributed by atoms with Crippen LogP contribution in [0.2, 0.25) is 0 Å². The summed E-state index contributed by atoms with van der Waals surface area (Å²) in [4.78, 5) is 11.7. The van der Waals surface area contributed by atoms with Crippen molar-refractivity contribution in [2.24, 2.45) is 5.73 Å². The molecule has 0 saturated heterocycles. The van der Waals surface area contributed by atoms with Crippen LogP contribution in [-0.4, -0.2) is 25.4 Å². The summed E-state index contributed by atoms with van der Waals surface area (Å²) in [6.07, 6.45) is 3.33. The van der Waals surface area contributed by atoms with E-state index in [0.717, 1.165) is 12.8 Å². The molecule has 0 aromatic heterocycles. The SMILES string of the molecule is C=CC(=O)OC[Si]12c3ccccc3CC1(N)Cc1ccccc12. The minimum Gasteiger partial charge on any atom is -0.465 e. The van der Waals surface area contributed by atoms with Crippen molar-refractivity contribution in [1.82, 2.24) is 0 Å². The number of hydrogen-bond donors (Lipinski definition) is 1. The molecule has 0 atom stereocenters. The Kier molecular flexibility index (Phi) is 3.08. The number of ether oxygens (including phenoxy) is 1. The average Bonchev–Trinajstić information content (AvgIpc) is 2.95. The molecule has 23 heavy (non-hydrogen) atoms. The predicted octanol–water partition coefficient (Wildman–Crippen LogP) is 0.867. The van der Waals surface area contributed by atoms with E-state index in [2.05, 4.69) is 55.1 Å². The van der Waals surface area contributed by atoms with Crippen LogP contribution in [0.25, 0.3) is 0 Å². The summed E-state index contributed by atoms with van der Waals surface area (Å²) in [5.74, 6) is -0.372. The highest BCUT2D eigenvalue weighted by Crippen LogP contribution is 2.38. The smallest absolute Gasteiger partial charge is 0.329 e. The topological polar surface area (TPSA) is 52.3 Å². The second-order valence-corrected chi connectivity index (χ2v) is 10.7. The van der Waals surface area contributed by atoms with Crippen molar-refractivity contribution in [3.63, 3.8) is 0 Å². The molecular formula is C19H19NO2Si. The fourth-order valence-electron chi connectivity index (χ4n) is 4.44. The molecule has 0 bridgehead atoms. The zero-order valence-electron chi connectivity index (χ0n) is 12.9. The fourth-order valence-corrected chi connectivity index (χ4v) is 9.95. The highest BCUT2D eigenvalue weighted by molar-refractivity contribution is 7.06. The van der Waals surface area contributed by atoms with Crippen LogP contribution < -0.4 is 16.1 Å². The van der Waals surface area contributed by atoms with Crippen molar-refractivity contribution in [3.05, 3.63) is 72.3 Å². The predicted molar refractivity (Wildman–Crippen MR) is 93.4 cm³/mol. The molecule has 0 unspecified atom stereocenters. The number of nitrogens with two attached hydrogens (primary N) is 1. The summed E-state index contributed by atoms with van der Waals surface area (Å²) in [7, 11) is -2.36. The fraction of sp³-hybridized carbons (Fsp3) is 0.211. The van der Waals surface area contributed by atoms with Crippen molar-refractivity contribution < 1.29 is 9.53 Å². The largest absolute Gasteiger partial charge is 0.465 e. The summed E-state index contributed by atoms with van der Waals surface area (Å²) in [5, 5.41) is 2.33. The van der Waals surface area contributed by atoms with Gasteiger partial charge in [-0.25, -0.2) is 4.79 Å². The number of carbonyl (C=O) groups is 1. The molecule has 3 nitrogen and oxygen atoms in total. The Bertz CT molecular complexity index is 765. The molecule has 0 spiro atoms. The summed E-state index contributed by atoms with van der Waals surface area (Å²) in [5.41, 5.74) is 9.59. The second-order valence-electron chi connectivity index (χ2n) is 6.54. The van der Waals surface area contributed by atoms with Crippen LogP contribution in [0.4, 0.5) is 0 Å². The van der Waals surface area contributed by atoms with Gasteiger partial charge in [-0.05, 0) is 34.3 Å². The molecule has 4 rings (SSSR count). The Hall–Kier alpha value is -2.17. The molecule has 2 aromatic carbocycles. The van der Waals surface area contributed by atoms with Gasteiger partial charge in [-0.15, -0.1) is 0 Å². The first-order valence-electron chi connectivity index (χ1n) is 7.85. The third-order valence-electron chi connectivity index (χ3n) is 5.41. The number of rotatable bonds is 3. The normalized spacial score (nSPS) is 27.0. The summed E-state index contributed by atoms with van der Waals surface area (Å²) < 4.78 is 5.58. The highest BCUT2D eigenvalue weighted by atomic mass is 28.3. The summed E-state index contributed by atoms with van der Waals surface area (Å²) >= 11 is 0. The Balaban J connectivity index is 1.93. The Morgan fingerprint density at radius 2 is 1.65 bits per heavy atom. The third kappa shape index (κ3) is 1.82. The van der Waals surface area contributed by atoms with E-state index in [1.165, 1.54) is 27.6 Å². The highest BCUT2D eigenvalue weighted by Gasteiger charge is 2.63. The molecule has 0 aliphatic carbocycles. The van der Waals surface area contributed by atoms with Crippen LogP contribution in [0.5, 0.6) is 0 Å². The first-order chi connectivity index (χ1) is 11.1. The second kappa shape index (κ2) is 4.91. The number of hydrogen-bond acceptors (Lipinski definition) is 3. The maximum atomic E-state index is 11.7. The van der Waals surface area contributed by atoms with Gasteiger partial charge in [0.1, 0.15) is 0 Å². The van der Waals surface area contributed by atoms with Crippen molar-refractivity contribution in [2.45, 2.75) is 18.0 Å². The number of esters is 1. The maximum absolute atomic E-state index is 11.7. The standard InChI is InChI=1S/C19H19NO2Si/c1-2-18(21)22-13-23-16-9-5-3-7-14(16)11-19(23,20)12-15-8-4-6-10-17(15)23/h2-10H,1,11-13,20H2. The summed E-state index contributed by atoms with van der Waals surface area (Å²) in [6.45, 7) is 3.50. The van der Waals surface area contributed by atoms with E-state index in [0.29, 0.717) is 6.23 Å². The van der Waals surface area contributed by atoms with E-state index < -0.39 is 8.07 Å². The molecule has 2 N–H and O–H groups in total. The molecule has 116 valence electrons. The maximum Gasteiger partial charge on any atom is 0.329 e. The van der Waals surface area contributed by atoms with Crippen LogP contribution >= 0.6 is 0 Å². The van der Waals surface area contributed by atoms with Gasteiger partial charge in [-0.1, -0.05) is 55.1 Å². The van der Waals surface area contributed by atoms with Gasteiger partial charge >= 0.3 is 5.97 Å². The van der Waals surface area contributed by atoms with Gasteiger partial charge < -0.3 is 10.5 Å². The Morgan fingerprint density at radius 1 is 1.13 bits per heavy atom. The first-order valence-corrected chi connectivity index (χ1v) is 10.1. The molecule has 2 aliphatic rings. The van der Waals surface area contributed by atoms with Gasteiger partial charge in [0.05, 0.1) is 6.23 Å². The third-order valence-corrected chi connectivity index (χ3v) is 10.9. The lowest BCUT2D eigenvalue weighted by atomic mass is 10.00. The van der Waals surface area contributed by atoms with Crippen LogP contribution in [0.15, 0.2) is 61.2 Å². The van der Waals surface area contributed by atoms with Crippen molar-refractivity contribution >= 4 is 24.4 Å². The molecule has 2 heterocycles. The quantitative estimate of drug-likeness (QED) is 0.518. The molecular weight excluding hydrogens is 302 g/mol. The summed E-state index contributed by atoms with van der Waals surface area (Å²) in [6, 6.07) is 16.9. The minimum absolute atomic E-state index is 0.318. The molecule has 2 aliphatic heterocycles. The van der Waals surface area contributed by atoms with Crippen molar-refractivity contribution in [2.75, 3.05) is 6.23 Å². The van der Waals surface area contributed by atoms with Gasteiger partial charge in [0.2, 0.25) is 0 Å². The van der Waals surface area contributed by atoms with Crippen LogP contribution in [-0.2, 0) is 22.4 Å². The zero-order valence-corrected chi connectivity index (χ0v) is 13.9. The number of carbonyl (C=O) groups excluding carboxylic acids is 1. The van der Waals surface area contributed by atoms with Crippen LogP contribution in [0, 0.1) is 0 Å². The van der Waals surface area contributed by atoms with E-state index in [1.807, 2.05) is 0 Å².